The van der Waals surface area contributed by atoms with E-state index in [0.29, 0.717) is 5.56 Å². The van der Waals surface area contributed by atoms with Crippen molar-refractivity contribution in [3.8, 4) is 0 Å². The Balaban J connectivity index is 1.85. The van der Waals surface area contributed by atoms with Crippen LogP contribution < -0.4 is 0 Å². The van der Waals surface area contributed by atoms with Crippen LogP contribution in [0.5, 0.6) is 0 Å². The first-order chi connectivity index (χ1) is 11.6. The van der Waals surface area contributed by atoms with Gasteiger partial charge in [0.15, 0.2) is 5.70 Å². The smallest absolute Gasteiger partial charge is 0.363 e. The van der Waals surface area contributed by atoms with E-state index in [0.717, 1.165) is 16.7 Å². The van der Waals surface area contributed by atoms with Gasteiger partial charge in [-0.15, -0.1) is 0 Å². The number of carbonyl (C=O) groups excluding carboxylic acids is 2. The van der Waals surface area contributed by atoms with E-state index in [2.05, 4.69) is 9.73 Å². The molecule has 0 aromatic heterocycles. The van der Waals surface area contributed by atoms with Crippen LogP contribution >= 0.6 is 0 Å². The summed E-state index contributed by atoms with van der Waals surface area (Å²) in [7, 11) is 1.33. The number of ether oxygens (including phenoxy) is 2. The molecule has 5 heteroatoms. The van der Waals surface area contributed by atoms with Gasteiger partial charge in [0.2, 0.25) is 5.90 Å². The number of cyclic esters (lactones) is 1. The zero-order chi connectivity index (χ0) is 17.1. The Bertz CT molecular complexity index is 846. The maximum Gasteiger partial charge on any atom is 0.363 e. The molecule has 0 spiro atoms. The summed E-state index contributed by atoms with van der Waals surface area (Å²) >= 11 is 0. The predicted molar refractivity (Wildman–Crippen MR) is 89.6 cm³/mol. The number of benzene rings is 2. The number of aryl methyl sites for hydroxylation is 1. The molecule has 0 bridgehead atoms. The highest BCUT2D eigenvalue weighted by Crippen LogP contribution is 2.19. The van der Waals surface area contributed by atoms with E-state index in [-0.39, 0.29) is 11.6 Å². The van der Waals surface area contributed by atoms with Gasteiger partial charge in [0.05, 0.1) is 12.7 Å². The Morgan fingerprint density at radius 3 is 2.38 bits per heavy atom. The van der Waals surface area contributed by atoms with Crippen molar-refractivity contribution in [1.29, 1.82) is 0 Å². The Labute approximate surface area is 139 Å². The van der Waals surface area contributed by atoms with Crippen LogP contribution in [0.3, 0.4) is 0 Å². The third-order valence-corrected chi connectivity index (χ3v) is 3.55. The van der Waals surface area contributed by atoms with Crippen molar-refractivity contribution >= 4 is 23.9 Å². The minimum atomic E-state index is -0.498. The second-order valence-electron chi connectivity index (χ2n) is 5.32. The minimum Gasteiger partial charge on any atom is -0.465 e. The molecular formula is C19H15NO4. The van der Waals surface area contributed by atoms with Gasteiger partial charge in [0, 0.05) is 5.56 Å². The van der Waals surface area contributed by atoms with Gasteiger partial charge < -0.3 is 9.47 Å². The highest BCUT2D eigenvalue weighted by atomic mass is 16.6. The van der Waals surface area contributed by atoms with E-state index >= 15 is 0 Å². The summed E-state index contributed by atoms with van der Waals surface area (Å²) in [4.78, 5) is 27.6. The lowest BCUT2D eigenvalue weighted by Gasteiger charge is -1.99. The molecule has 2 aromatic carbocycles. The molecule has 0 unspecified atom stereocenters. The molecule has 0 N–H and O–H groups in total. The molecule has 3 rings (SSSR count). The molecule has 120 valence electrons. The first-order valence-corrected chi connectivity index (χ1v) is 7.35. The van der Waals surface area contributed by atoms with Crippen LogP contribution in [-0.2, 0) is 14.3 Å². The summed E-state index contributed by atoms with van der Waals surface area (Å²) in [5.74, 6) is -0.616. The summed E-state index contributed by atoms with van der Waals surface area (Å²) in [5, 5.41) is 0. The zero-order valence-electron chi connectivity index (χ0n) is 13.3. The van der Waals surface area contributed by atoms with Crippen molar-refractivity contribution in [2.75, 3.05) is 7.11 Å². The van der Waals surface area contributed by atoms with Crippen LogP contribution in [0.2, 0.25) is 0 Å². The number of nitrogens with zero attached hydrogens (tertiary/aromatic N) is 1. The third kappa shape index (κ3) is 3.25. The van der Waals surface area contributed by atoms with Gasteiger partial charge in [-0.25, -0.2) is 14.6 Å². The topological polar surface area (TPSA) is 65.0 Å². The molecule has 1 heterocycles. The molecule has 1 aliphatic heterocycles. The molecule has 0 saturated heterocycles. The molecule has 0 radical (unpaired) electrons. The molecule has 24 heavy (non-hydrogen) atoms. The van der Waals surface area contributed by atoms with Crippen LogP contribution in [0.1, 0.15) is 27.0 Å². The molecular weight excluding hydrogens is 306 g/mol. The van der Waals surface area contributed by atoms with Crippen molar-refractivity contribution < 1.29 is 19.1 Å². The number of aliphatic imine (C=N–C) groups is 1. The summed E-state index contributed by atoms with van der Waals surface area (Å²) in [6.07, 6.45) is 1.62. The molecule has 1 aliphatic rings. The Morgan fingerprint density at radius 1 is 1.08 bits per heavy atom. The fourth-order valence-corrected chi connectivity index (χ4v) is 2.22. The molecule has 0 fully saturated rings. The van der Waals surface area contributed by atoms with Crippen LogP contribution in [0.4, 0.5) is 0 Å². The SMILES string of the molecule is COC(=O)c1ccc(/C=C2/N=C(c3ccc(C)cc3)OC2=O)cc1. The van der Waals surface area contributed by atoms with Crippen LogP contribution in [-0.4, -0.2) is 24.9 Å². The van der Waals surface area contributed by atoms with E-state index in [1.54, 1.807) is 30.3 Å². The number of rotatable bonds is 3. The summed E-state index contributed by atoms with van der Waals surface area (Å²) in [6, 6.07) is 14.3. The zero-order valence-corrected chi connectivity index (χ0v) is 13.3. The van der Waals surface area contributed by atoms with Crippen molar-refractivity contribution in [2.45, 2.75) is 6.92 Å². The largest absolute Gasteiger partial charge is 0.465 e. The number of carbonyl (C=O) groups is 2. The number of hydrogen-bond donors (Lipinski definition) is 0. The Morgan fingerprint density at radius 2 is 1.75 bits per heavy atom. The lowest BCUT2D eigenvalue weighted by atomic mass is 10.1. The van der Waals surface area contributed by atoms with Crippen LogP contribution in [0, 0.1) is 6.92 Å². The summed E-state index contributed by atoms with van der Waals surface area (Å²) in [5.41, 5.74) is 3.26. The van der Waals surface area contributed by atoms with E-state index in [4.69, 9.17) is 4.74 Å². The number of esters is 2. The van der Waals surface area contributed by atoms with Crippen molar-refractivity contribution in [2.24, 2.45) is 4.99 Å². The van der Waals surface area contributed by atoms with E-state index in [9.17, 15) is 9.59 Å². The van der Waals surface area contributed by atoms with Crippen LogP contribution in [0.25, 0.3) is 6.08 Å². The summed E-state index contributed by atoms with van der Waals surface area (Å²) < 4.78 is 9.87. The second-order valence-corrected chi connectivity index (χ2v) is 5.32. The van der Waals surface area contributed by atoms with Crippen molar-refractivity contribution in [3.63, 3.8) is 0 Å². The first kappa shape index (κ1) is 15.7. The minimum absolute atomic E-state index is 0.219. The second kappa shape index (κ2) is 6.50. The lowest BCUT2D eigenvalue weighted by molar-refractivity contribution is -0.129. The van der Waals surface area contributed by atoms with Crippen LogP contribution in [0.15, 0.2) is 59.2 Å². The maximum absolute atomic E-state index is 12.0. The van der Waals surface area contributed by atoms with Gasteiger partial charge >= 0.3 is 11.9 Å². The fraction of sp³-hybridized carbons (Fsp3) is 0.105. The van der Waals surface area contributed by atoms with Gasteiger partial charge in [0.1, 0.15) is 0 Å². The van der Waals surface area contributed by atoms with Gasteiger partial charge in [-0.1, -0.05) is 29.8 Å². The predicted octanol–water partition coefficient (Wildman–Crippen LogP) is 3.13. The van der Waals surface area contributed by atoms with E-state index in [1.807, 2.05) is 31.2 Å². The molecule has 0 atom stereocenters. The highest BCUT2D eigenvalue weighted by Gasteiger charge is 2.24. The van der Waals surface area contributed by atoms with E-state index < -0.39 is 11.9 Å². The van der Waals surface area contributed by atoms with Gasteiger partial charge in [-0.3, -0.25) is 0 Å². The highest BCUT2D eigenvalue weighted by molar-refractivity contribution is 6.12. The quantitative estimate of drug-likeness (QED) is 0.643. The monoisotopic (exact) mass is 321 g/mol. The molecule has 0 saturated carbocycles. The third-order valence-electron chi connectivity index (χ3n) is 3.55. The van der Waals surface area contributed by atoms with Gasteiger partial charge in [-0.05, 0) is 42.8 Å². The van der Waals surface area contributed by atoms with Gasteiger partial charge in [0.25, 0.3) is 0 Å². The average Bonchev–Trinajstić information content (AvgIpc) is 2.96. The molecule has 2 aromatic rings. The standard InChI is InChI=1S/C19H15NO4/c1-12-3-7-14(8-4-12)17-20-16(19(22)24-17)11-13-5-9-15(10-6-13)18(21)23-2/h3-11H,1-2H3/b16-11+. The Kier molecular flexibility index (Phi) is 4.24. The van der Waals surface area contributed by atoms with Gasteiger partial charge in [-0.2, -0.15) is 0 Å². The molecule has 0 aliphatic carbocycles. The molecule has 5 nitrogen and oxygen atoms in total. The van der Waals surface area contributed by atoms with Crippen molar-refractivity contribution in [1.82, 2.24) is 0 Å². The lowest BCUT2D eigenvalue weighted by Crippen LogP contribution is -2.05. The first-order valence-electron chi connectivity index (χ1n) is 7.35. The normalized spacial score (nSPS) is 15.2. The van der Waals surface area contributed by atoms with E-state index in [1.165, 1.54) is 7.11 Å². The number of methoxy groups -OCH3 is 1. The summed E-state index contributed by atoms with van der Waals surface area (Å²) in [6.45, 7) is 1.98. The number of hydrogen-bond acceptors (Lipinski definition) is 5. The fourth-order valence-electron chi connectivity index (χ4n) is 2.22. The van der Waals surface area contributed by atoms with Crippen molar-refractivity contribution in [3.05, 3.63) is 76.5 Å². The maximum atomic E-state index is 12.0. The molecule has 0 amide bonds. The Hall–Kier alpha value is -3.21. The average molecular weight is 321 g/mol.